The normalized spacial score (nSPS) is 31.9. The predicted molar refractivity (Wildman–Crippen MR) is 68.6 cm³/mol. The molecule has 0 spiro atoms. The second-order valence-corrected chi connectivity index (χ2v) is 5.27. The molecule has 0 aromatic heterocycles. The van der Waals surface area contributed by atoms with Gasteiger partial charge < -0.3 is 14.6 Å². The van der Waals surface area contributed by atoms with Crippen molar-refractivity contribution in [3.8, 4) is 0 Å². The zero-order valence-electron chi connectivity index (χ0n) is 10.7. The minimum atomic E-state index is -1.11. The van der Waals surface area contributed by atoms with Crippen LogP contribution in [0.3, 0.4) is 0 Å². The van der Waals surface area contributed by atoms with E-state index in [2.05, 4.69) is 0 Å². The fourth-order valence-electron chi connectivity index (χ4n) is 3.11. The number of ketones is 1. The monoisotopic (exact) mass is 274 g/mol. The number of ether oxygens (including phenoxy) is 1. The van der Waals surface area contributed by atoms with Crippen molar-refractivity contribution in [3.63, 3.8) is 0 Å². The highest BCUT2D eigenvalue weighted by molar-refractivity contribution is 6.03. The molecular weight excluding hydrogens is 260 g/mol. The van der Waals surface area contributed by atoms with E-state index in [1.807, 2.05) is 12.2 Å². The van der Waals surface area contributed by atoms with Gasteiger partial charge in [-0.15, -0.1) is 0 Å². The number of fused-ring (bicyclic) bond motifs is 1. The van der Waals surface area contributed by atoms with Gasteiger partial charge in [-0.1, -0.05) is 0 Å². The molecule has 1 N–H and O–H groups in total. The Balaban J connectivity index is 1.94. The summed E-state index contributed by atoms with van der Waals surface area (Å²) in [7, 11) is 0. The maximum Gasteiger partial charge on any atom is 0.314 e. The number of carbonyl (C=O) groups is 3. The van der Waals surface area contributed by atoms with E-state index in [0.29, 0.717) is 24.4 Å². The summed E-state index contributed by atoms with van der Waals surface area (Å²) in [6, 6.07) is 0. The van der Waals surface area contributed by atoms with E-state index in [0.717, 1.165) is 11.9 Å². The van der Waals surface area contributed by atoms with E-state index in [-0.39, 0.29) is 12.2 Å². The summed E-state index contributed by atoms with van der Waals surface area (Å²) in [5.41, 5.74) is 1.61. The summed E-state index contributed by atoms with van der Waals surface area (Å²) in [6.45, 7) is 0.512. The van der Waals surface area contributed by atoms with Crippen LogP contribution >= 0.6 is 0 Å². The molecule has 20 heavy (non-hydrogen) atoms. The lowest BCUT2D eigenvalue weighted by Gasteiger charge is -2.30. The van der Waals surface area contributed by atoms with Gasteiger partial charge >= 0.3 is 5.97 Å². The first kappa shape index (κ1) is 12.8. The zero-order chi connectivity index (χ0) is 14.3. The Kier molecular flexibility index (Phi) is 3.04. The van der Waals surface area contributed by atoms with Gasteiger partial charge in [-0.05, 0) is 36.6 Å². The van der Waals surface area contributed by atoms with Gasteiger partial charge in [-0.25, -0.2) is 0 Å². The van der Waals surface area contributed by atoms with Crippen LogP contribution in [0, 0.1) is 17.8 Å². The van der Waals surface area contributed by atoms with Gasteiger partial charge in [0, 0.05) is 11.5 Å². The summed E-state index contributed by atoms with van der Waals surface area (Å²) in [5, 5.41) is 9.11. The molecule has 0 amide bonds. The van der Waals surface area contributed by atoms with Crippen LogP contribution in [0.15, 0.2) is 35.1 Å². The van der Waals surface area contributed by atoms with Crippen molar-refractivity contribution in [2.24, 2.45) is 17.8 Å². The maximum atomic E-state index is 12.4. The summed E-state index contributed by atoms with van der Waals surface area (Å²) >= 11 is 0. The number of allylic oxidation sites excluding steroid dienone is 3. The molecule has 3 rings (SSSR count). The highest BCUT2D eigenvalue weighted by Crippen LogP contribution is 2.40. The molecule has 0 aromatic rings. The number of aliphatic carboxylic acids is 1. The molecule has 5 nitrogen and oxygen atoms in total. The molecule has 2 unspecified atom stereocenters. The molecule has 1 aliphatic heterocycles. The Morgan fingerprint density at radius 1 is 1.35 bits per heavy atom. The molecule has 2 aliphatic carbocycles. The number of aldehydes is 1. The van der Waals surface area contributed by atoms with Gasteiger partial charge in [-0.3, -0.25) is 9.59 Å². The van der Waals surface area contributed by atoms with Crippen LogP contribution in [-0.2, 0) is 19.1 Å². The number of hydrogen-bond acceptors (Lipinski definition) is 4. The molecule has 104 valence electrons. The minimum Gasteiger partial charge on any atom is -0.489 e. The van der Waals surface area contributed by atoms with E-state index in [4.69, 9.17) is 9.84 Å². The first-order chi connectivity index (χ1) is 9.61. The van der Waals surface area contributed by atoms with Crippen LogP contribution in [0.1, 0.15) is 12.8 Å². The van der Waals surface area contributed by atoms with Crippen LogP contribution in [0.4, 0.5) is 0 Å². The Labute approximate surface area is 115 Å². The summed E-state index contributed by atoms with van der Waals surface area (Å²) in [5.74, 6) is -2.89. The van der Waals surface area contributed by atoms with Crippen LogP contribution in [0.25, 0.3) is 0 Å². The maximum absolute atomic E-state index is 12.4. The Hall–Kier alpha value is -2.17. The second-order valence-electron chi connectivity index (χ2n) is 5.27. The van der Waals surface area contributed by atoms with E-state index in [1.165, 1.54) is 0 Å². The average Bonchev–Trinajstić information content (AvgIpc) is 2.98. The highest BCUT2D eigenvalue weighted by atomic mass is 16.5. The third kappa shape index (κ3) is 1.90. The topological polar surface area (TPSA) is 80.7 Å². The predicted octanol–water partition coefficient (Wildman–Crippen LogP) is 1.26. The Morgan fingerprint density at radius 3 is 2.80 bits per heavy atom. The van der Waals surface area contributed by atoms with Crippen molar-refractivity contribution < 1.29 is 24.2 Å². The van der Waals surface area contributed by atoms with Crippen molar-refractivity contribution in [1.82, 2.24) is 0 Å². The first-order valence-electron chi connectivity index (χ1n) is 6.60. The molecule has 3 atom stereocenters. The van der Waals surface area contributed by atoms with Crippen LogP contribution in [0.2, 0.25) is 0 Å². The standard InChI is InChI=1S/C15H14O5/c16-7-9-1-2-11(15(18)19)14(17)13(9)10-5-8-3-4-20-12(8)6-10/h3,5-7,9,11,13H,1-2,4H2,(H,18,19)/t9-,11?,13?/m0/s1. The van der Waals surface area contributed by atoms with E-state index in [9.17, 15) is 14.4 Å². The number of carboxylic acid groups (broad SMARTS) is 1. The van der Waals surface area contributed by atoms with Gasteiger partial charge in [-0.2, -0.15) is 0 Å². The van der Waals surface area contributed by atoms with Crippen LogP contribution in [0.5, 0.6) is 0 Å². The quantitative estimate of drug-likeness (QED) is 0.619. The zero-order valence-corrected chi connectivity index (χ0v) is 10.7. The molecule has 0 saturated heterocycles. The van der Waals surface area contributed by atoms with Crippen molar-refractivity contribution in [3.05, 3.63) is 35.1 Å². The average molecular weight is 274 g/mol. The lowest BCUT2D eigenvalue weighted by Crippen LogP contribution is -2.40. The van der Waals surface area contributed by atoms with E-state index in [1.54, 1.807) is 6.08 Å². The molecule has 1 fully saturated rings. The minimum absolute atomic E-state index is 0.233. The van der Waals surface area contributed by atoms with Crippen molar-refractivity contribution in [2.45, 2.75) is 12.8 Å². The van der Waals surface area contributed by atoms with Crippen LogP contribution in [-0.4, -0.2) is 29.8 Å². The number of carbonyl (C=O) groups excluding carboxylic acids is 2. The number of rotatable bonds is 3. The summed E-state index contributed by atoms with van der Waals surface area (Å²) in [4.78, 5) is 34.7. The Bertz CT molecular complexity index is 581. The van der Waals surface area contributed by atoms with E-state index < -0.39 is 23.7 Å². The lowest BCUT2D eigenvalue weighted by molar-refractivity contribution is -0.150. The third-order valence-corrected chi connectivity index (χ3v) is 4.15. The highest BCUT2D eigenvalue weighted by Gasteiger charge is 2.43. The number of carboxylic acids is 1. The molecule has 5 heteroatoms. The first-order valence-corrected chi connectivity index (χ1v) is 6.60. The summed E-state index contributed by atoms with van der Waals surface area (Å²) < 4.78 is 5.38. The molecule has 0 bridgehead atoms. The van der Waals surface area contributed by atoms with Gasteiger partial charge in [0.15, 0.2) is 5.78 Å². The largest absolute Gasteiger partial charge is 0.489 e. The van der Waals surface area contributed by atoms with Gasteiger partial charge in [0.1, 0.15) is 24.6 Å². The second kappa shape index (κ2) is 4.74. The SMILES string of the molecule is O=C[C@@H]1CCC(C(=O)O)C(=O)C1C1=CC2=CCOC2=C1. The van der Waals surface area contributed by atoms with E-state index >= 15 is 0 Å². The molecule has 1 saturated carbocycles. The molecule has 0 aromatic carbocycles. The van der Waals surface area contributed by atoms with Gasteiger partial charge in [0.05, 0.1) is 5.92 Å². The van der Waals surface area contributed by atoms with Crippen molar-refractivity contribution in [2.75, 3.05) is 6.61 Å². The fourth-order valence-corrected chi connectivity index (χ4v) is 3.11. The molecule has 1 heterocycles. The molecular formula is C15H14O5. The number of Topliss-reactive ketones (excluding diaryl/α,β-unsaturated/α-hetero) is 1. The van der Waals surface area contributed by atoms with Crippen molar-refractivity contribution >= 4 is 18.0 Å². The van der Waals surface area contributed by atoms with Crippen LogP contribution < -0.4 is 0 Å². The van der Waals surface area contributed by atoms with Gasteiger partial charge in [0.2, 0.25) is 0 Å². The number of hydrogen-bond donors (Lipinski definition) is 1. The fraction of sp³-hybridized carbons (Fsp3) is 0.400. The van der Waals surface area contributed by atoms with Crippen molar-refractivity contribution in [1.29, 1.82) is 0 Å². The molecule has 0 radical (unpaired) electrons. The molecule has 3 aliphatic rings. The van der Waals surface area contributed by atoms with Gasteiger partial charge in [0.25, 0.3) is 0 Å². The smallest absolute Gasteiger partial charge is 0.314 e. The third-order valence-electron chi connectivity index (χ3n) is 4.15. The lowest BCUT2D eigenvalue weighted by atomic mass is 9.70. The summed E-state index contributed by atoms with van der Waals surface area (Å²) in [6.07, 6.45) is 6.90. The Morgan fingerprint density at radius 2 is 2.15 bits per heavy atom.